The van der Waals surface area contributed by atoms with E-state index in [2.05, 4.69) is 40.6 Å². The summed E-state index contributed by atoms with van der Waals surface area (Å²) in [6, 6.07) is 16.5. The van der Waals surface area contributed by atoms with Crippen molar-refractivity contribution in [2.24, 2.45) is 0 Å². The van der Waals surface area contributed by atoms with E-state index in [9.17, 15) is 0 Å². The van der Waals surface area contributed by atoms with Gasteiger partial charge in [-0.15, -0.1) is 0 Å². The number of benzene rings is 2. The van der Waals surface area contributed by atoms with Crippen molar-refractivity contribution < 1.29 is 4.74 Å². The lowest BCUT2D eigenvalue weighted by atomic mass is 10.2. The molecule has 96 valence electrons. The molecular weight excluding hydrogens is 236 g/mol. The van der Waals surface area contributed by atoms with Crippen molar-refractivity contribution in [3.63, 3.8) is 0 Å². The van der Waals surface area contributed by atoms with Crippen molar-refractivity contribution in [2.45, 2.75) is 6.54 Å². The van der Waals surface area contributed by atoms with Crippen LogP contribution in [0.2, 0.25) is 0 Å². The summed E-state index contributed by atoms with van der Waals surface area (Å²) in [5.74, 6) is 0.852. The molecule has 0 aliphatic carbocycles. The van der Waals surface area contributed by atoms with E-state index < -0.39 is 0 Å². The van der Waals surface area contributed by atoms with Gasteiger partial charge >= 0.3 is 0 Å². The van der Waals surface area contributed by atoms with E-state index in [4.69, 9.17) is 4.74 Å². The topological polar surface area (TPSA) is 37.0 Å². The minimum atomic E-state index is 0.800. The fourth-order valence-corrected chi connectivity index (χ4v) is 2.20. The number of anilines is 1. The number of aromatic amines is 1. The number of ether oxygens (including phenoxy) is 1. The average Bonchev–Trinajstić information content (AvgIpc) is 2.94. The summed E-state index contributed by atoms with van der Waals surface area (Å²) < 4.78 is 5.32. The number of hydrogen-bond donors (Lipinski definition) is 2. The largest absolute Gasteiger partial charge is 0.497 e. The zero-order valence-electron chi connectivity index (χ0n) is 10.8. The van der Waals surface area contributed by atoms with E-state index in [-0.39, 0.29) is 0 Å². The average molecular weight is 252 g/mol. The van der Waals surface area contributed by atoms with Gasteiger partial charge in [0.15, 0.2) is 0 Å². The predicted octanol–water partition coefficient (Wildman–Crippen LogP) is 3.79. The molecule has 0 amide bonds. The molecule has 0 fully saturated rings. The minimum Gasteiger partial charge on any atom is -0.497 e. The Morgan fingerprint density at radius 3 is 2.74 bits per heavy atom. The van der Waals surface area contributed by atoms with Gasteiger partial charge in [0.05, 0.1) is 12.6 Å². The number of H-pyrrole nitrogens is 1. The van der Waals surface area contributed by atoms with Crippen LogP contribution < -0.4 is 10.1 Å². The van der Waals surface area contributed by atoms with Crippen LogP contribution in [0, 0.1) is 0 Å². The second kappa shape index (κ2) is 5.06. The third-order valence-electron chi connectivity index (χ3n) is 3.20. The van der Waals surface area contributed by atoms with Gasteiger partial charge in [-0.05, 0) is 11.6 Å². The Kier molecular flexibility index (Phi) is 3.11. The van der Waals surface area contributed by atoms with Crippen LogP contribution in [0.15, 0.2) is 54.7 Å². The first-order valence-electron chi connectivity index (χ1n) is 6.30. The molecule has 3 aromatic rings. The quantitative estimate of drug-likeness (QED) is 0.741. The molecule has 0 radical (unpaired) electrons. The monoisotopic (exact) mass is 252 g/mol. The van der Waals surface area contributed by atoms with Crippen LogP contribution in [0.1, 0.15) is 5.56 Å². The highest BCUT2D eigenvalue weighted by Crippen LogP contribution is 2.28. The van der Waals surface area contributed by atoms with E-state index in [1.54, 1.807) is 7.11 Å². The molecule has 1 aromatic heterocycles. The SMILES string of the molecule is COc1cc(NCc2ccccc2)c2cc[nH]c2c1. The van der Waals surface area contributed by atoms with E-state index in [0.717, 1.165) is 23.5 Å². The zero-order valence-corrected chi connectivity index (χ0v) is 10.8. The molecule has 0 spiro atoms. The van der Waals surface area contributed by atoms with Crippen LogP contribution in [-0.4, -0.2) is 12.1 Å². The summed E-state index contributed by atoms with van der Waals surface area (Å²) in [6.45, 7) is 0.800. The number of fused-ring (bicyclic) bond motifs is 1. The highest BCUT2D eigenvalue weighted by molar-refractivity contribution is 5.93. The molecule has 0 atom stereocenters. The Morgan fingerprint density at radius 1 is 1.11 bits per heavy atom. The van der Waals surface area contributed by atoms with Crippen LogP contribution >= 0.6 is 0 Å². The van der Waals surface area contributed by atoms with Gasteiger partial charge in [0, 0.05) is 35.9 Å². The molecule has 0 saturated heterocycles. The molecule has 0 bridgehead atoms. The molecule has 0 saturated carbocycles. The third-order valence-corrected chi connectivity index (χ3v) is 3.20. The van der Waals surface area contributed by atoms with Crippen molar-refractivity contribution in [1.82, 2.24) is 4.98 Å². The fraction of sp³-hybridized carbons (Fsp3) is 0.125. The van der Waals surface area contributed by atoms with Crippen molar-refractivity contribution in [3.05, 3.63) is 60.3 Å². The highest BCUT2D eigenvalue weighted by Gasteiger charge is 2.05. The van der Waals surface area contributed by atoms with Gasteiger partial charge in [-0.3, -0.25) is 0 Å². The number of rotatable bonds is 4. The maximum Gasteiger partial charge on any atom is 0.123 e. The second-order valence-corrected chi connectivity index (χ2v) is 4.45. The summed E-state index contributed by atoms with van der Waals surface area (Å²) in [4.78, 5) is 3.21. The Balaban J connectivity index is 1.89. The lowest BCUT2D eigenvalue weighted by Crippen LogP contribution is -1.99. The maximum absolute atomic E-state index is 5.32. The van der Waals surface area contributed by atoms with Gasteiger partial charge in [0.2, 0.25) is 0 Å². The van der Waals surface area contributed by atoms with Crippen molar-refractivity contribution in [2.75, 3.05) is 12.4 Å². The number of hydrogen-bond acceptors (Lipinski definition) is 2. The van der Waals surface area contributed by atoms with Gasteiger partial charge < -0.3 is 15.0 Å². The van der Waals surface area contributed by atoms with E-state index in [1.165, 1.54) is 10.9 Å². The Morgan fingerprint density at radius 2 is 1.95 bits per heavy atom. The summed E-state index contributed by atoms with van der Waals surface area (Å²) in [5, 5.41) is 4.64. The Labute approximate surface area is 112 Å². The first-order valence-corrected chi connectivity index (χ1v) is 6.30. The molecule has 2 aromatic carbocycles. The third kappa shape index (κ3) is 2.40. The number of aromatic nitrogens is 1. The van der Waals surface area contributed by atoms with Gasteiger partial charge in [-0.1, -0.05) is 30.3 Å². The standard InChI is InChI=1S/C16H16N2O/c1-19-13-9-15-14(7-8-17-15)16(10-13)18-11-12-5-3-2-4-6-12/h2-10,17-18H,11H2,1H3. The first-order chi connectivity index (χ1) is 9.36. The molecule has 0 aliphatic rings. The smallest absolute Gasteiger partial charge is 0.123 e. The molecule has 1 heterocycles. The van der Waals surface area contributed by atoms with E-state index in [1.807, 2.05) is 24.4 Å². The van der Waals surface area contributed by atoms with Gasteiger partial charge in [0.25, 0.3) is 0 Å². The fourth-order valence-electron chi connectivity index (χ4n) is 2.20. The minimum absolute atomic E-state index is 0.800. The summed E-state index contributed by atoms with van der Waals surface area (Å²) in [6.07, 6.45) is 1.94. The van der Waals surface area contributed by atoms with Crippen LogP contribution in [-0.2, 0) is 6.54 Å². The molecule has 3 heteroatoms. The summed E-state index contributed by atoms with van der Waals surface area (Å²) in [5.41, 5.74) is 3.42. The number of methoxy groups -OCH3 is 1. The van der Waals surface area contributed by atoms with Crippen LogP contribution in [0.3, 0.4) is 0 Å². The maximum atomic E-state index is 5.32. The zero-order chi connectivity index (χ0) is 13.1. The lowest BCUT2D eigenvalue weighted by molar-refractivity contribution is 0.415. The van der Waals surface area contributed by atoms with E-state index >= 15 is 0 Å². The molecule has 0 unspecified atom stereocenters. The van der Waals surface area contributed by atoms with Crippen molar-refractivity contribution in [1.29, 1.82) is 0 Å². The van der Waals surface area contributed by atoms with Gasteiger partial charge in [-0.2, -0.15) is 0 Å². The molecule has 0 aliphatic heterocycles. The Bertz CT molecular complexity index is 674. The normalized spacial score (nSPS) is 10.6. The van der Waals surface area contributed by atoms with Crippen LogP contribution in [0.4, 0.5) is 5.69 Å². The molecule has 19 heavy (non-hydrogen) atoms. The Hall–Kier alpha value is -2.42. The van der Waals surface area contributed by atoms with Crippen molar-refractivity contribution >= 4 is 16.6 Å². The molecular formula is C16H16N2O. The van der Waals surface area contributed by atoms with Gasteiger partial charge in [-0.25, -0.2) is 0 Å². The molecule has 2 N–H and O–H groups in total. The first kappa shape index (κ1) is 11.7. The molecule has 3 nitrogen and oxygen atoms in total. The lowest BCUT2D eigenvalue weighted by Gasteiger charge is -2.10. The predicted molar refractivity (Wildman–Crippen MR) is 78.6 cm³/mol. The van der Waals surface area contributed by atoms with Crippen LogP contribution in [0.5, 0.6) is 5.75 Å². The second-order valence-electron chi connectivity index (χ2n) is 4.45. The molecule has 3 rings (SSSR count). The van der Waals surface area contributed by atoms with Gasteiger partial charge in [0.1, 0.15) is 5.75 Å². The summed E-state index contributed by atoms with van der Waals surface area (Å²) in [7, 11) is 1.69. The van der Waals surface area contributed by atoms with E-state index in [0.29, 0.717) is 0 Å². The highest BCUT2D eigenvalue weighted by atomic mass is 16.5. The van der Waals surface area contributed by atoms with Crippen molar-refractivity contribution in [3.8, 4) is 5.75 Å². The van der Waals surface area contributed by atoms with Crippen LogP contribution in [0.25, 0.3) is 10.9 Å². The summed E-state index contributed by atoms with van der Waals surface area (Å²) >= 11 is 0. The number of nitrogens with one attached hydrogen (secondary N) is 2.